The van der Waals surface area contributed by atoms with Crippen LogP contribution < -0.4 is 5.32 Å². The SMILES string of the molecule is Fc1ccc(Nc2ncc3c(n2)CCN(Cc2ccc(F)c(F)c2)C3)cc1. The molecule has 1 N–H and O–H groups in total. The van der Waals surface area contributed by atoms with Gasteiger partial charge in [0.25, 0.3) is 0 Å². The quantitative estimate of drug-likeness (QED) is 0.748. The standard InChI is InChI=1S/C20H17F3N4/c21-15-2-4-16(5-3-15)25-20-24-10-14-12-27(8-7-19(14)26-20)11-13-1-6-17(22)18(23)9-13/h1-6,9-10H,7-8,11-12H2,(H,24,25,26). The lowest BCUT2D eigenvalue weighted by Gasteiger charge is -2.28. The van der Waals surface area contributed by atoms with Gasteiger partial charge in [-0.05, 0) is 42.0 Å². The lowest BCUT2D eigenvalue weighted by molar-refractivity contribution is 0.242. The zero-order valence-corrected chi connectivity index (χ0v) is 14.4. The van der Waals surface area contributed by atoms with Gasteiger partial charge >= 0.3 is 0 Å². The molecule has 2 heterocycles. The molecule has 0 saturated heterocycles. The molecule has 0 amide bonds. The molecule has 0 atom stereocenters. The van der Waals surface area contributed by atoms with Crippen LogP contribution in [0.5, 0.6) is 0 Å². The van der Waals surface area contributed by atoms with Gasteiger partial charge in [-0.1, -0.05) is 6.07 Å². The van der Waals surface area contributed by atoms with E-state index in [0.717, 1.165) is 35.9 Å². The zero-order chi connectivity index (χ0) is 18.8. The number of anilines is 2. The molecule has 1 aliphatic rings. The Labute approximate surface area is 154 Å². The number of halogens is 3. The first-order chi connectivity index (χ1) is 13.1. The first-order valence-corrected chi connectivity index (χ1v) is 8.60. The van der Waals surface area contributed by atoms with Crippen molar-refractivity contribution in [2.75, 3.05) is 11.9 Å². The normalized spacial score (nSPS) is 14.0. The molecule has 138 valence electrons. The van der Waals surface area contributed by atoms with E-state index in [9.17, 15) is 13.2 Å². The monoisotopic (exact) mass is 370 g/mol. The molecular formula is C20H17F3N4. The maximum atomic E-state index is 13.4. The second-order valence-electron chi connectivity index (χ2n) is 6.51. The summed E-state index contributed by atoms with van der Waals surface area (Å²) in [6, 6.07) is 9.98. The summed E-state index contributed by atoms with van der Waals surface area (Å²) in [5.41, 5.74) is 3.41. The van der Waals surface area contributed by atoms with Gasteiger partial charge in [-0.3, -0.25) is 4.90 Å². The Kier molecular flexibility index (Phi) is 4.77. The van der Waals surface area contributed by atoms with E-state index >= 15 is 0 Å². The van der Waals surface area contributed by atoms with Crippen LogP contribution in [0.25, 0.3) is 0 Å². The molecule has 1 aliphatic heterocycles. The van der Waals surface area contributed by atoms with Crippen molar-refractivity contribution in [3.8, 4) is 0 Å². The van der Waals surface area contributed by atoms with Gasteiger partial charge in [0, 0.05) is 43.5 Å². The second kappa shape index (κ2) is 7.36. The molecule has 0 radical (unpaired) electrons. The van der Waals surface area contributed by atoms with Crippen molar-refractivity contribution >= 4 is 11.6 Å². The molecule has 0 aliphatic carbocycles. The number of fused-ring (bicyclic) bond motifs is 1. The van der Waals surface area contributed by atoms with E-state index in [4.69, 9.17) is 0 Å². The third kappa shape index (κ3) is 4.09. The van der Waals surface area contributed by atoms with Gasteiger partial charge in [-0.2, -0.15) is 0 Å². The topological polar surface area (TPSA) is 41.1 Å². The Morgan fingerprint density at radius 1 is 1.00 bits per heavy atom. The summed E-state index contributed by atoms with van der Waals surface area (Å²) in [5, 5.41) is 3.06. The third-order valence-corrected chi connectivity index (χ3v) is 4.50. The van der Waals surface area contributed by atoms with E-state index in [2.05, 4.69) is 20.2 Å². The van der Waals surface area contributed by atoms with Gasteiger partial charge in [0.1, 0.15) is 5.82 Å². The number of aromatic nitrogens is 2. The number of hydrogen-bond acceptors (Lipinski definition) is 4. The second-order valence-corrected chi connectivity index (χ2v) is 6.51. The van der Waals surface area contributed by atoms with Crippen LogP contribution in [0.1, 0.15) is 16.8 Å². The summed E-state index contributed by atoms with van der Waals surface area (Å²) in [7, 11) is 0. The Bertz CT molecular complexity index is 960. The molecule has 2 aromatic carbocycles. The van der Waals surface area contributed by atoms with Crippen LogP contribution in [0.15, 0.2) is 48.7 Å². The third-order valence-electron chi connectivity index (χ3n) is 4.50. The molecule has 0 fully saturated rings. The molecule has 7 heteroatoms. The molecule has 27 heavy (non-hydrogen) atoms. The molecule has 1 aromatic heterocycles. The van der Waals surface area contributed by atoms with E-state index in [1.165, 1.54) is 18.2 Å². The van der Waals surface area contributed by atoms with Gasteiger partial charge in [0.15, 0.2) is 11.6 Å². The average Bonchev–Trinajstić information content (AvgIpc) is 2.67. The van der Waals surface area contributed by atoms with Crippen molar-refractivity contribution in [3.05, 3.63) is 82.9 Å². The Morgan fingerprint density at radius 3 is 2.59 bits per heavy atom. The van der Waals surface area contributed by atoms with Gasteiger partial charge < -0.3 is 5.32 Å². The first-order valence-electron chi connectivity index (χ1n) is 8.60. The van der Waals surface area contributed by atoms with Crippen LogP contribution in [-0.2, 0) is 19.5 Å². The van der Waals surface area contributed by atoms with Crippen LogP contribution in [0.3, 0.4) is 0 Å². The highest BCUT2D eigenvalue weighted by molar-refractivity contribution is 5.53. The minimum atomic E-state index is -0.836. The summed E-state index contributed by atoms with van der Waals surface area (Å²) < 4.78 is 39.4. The van der Waals surface area contributed by atoms with Gasteiger partial charge in [0.05, 0.1) is 5.69 Å². The van der Waals surface area contributed by atoms with Crippen LogP contribution in [0.4, 0.5) is 24.8 Å². The molecule has 0 bridgehead atoms. The lowest BCUT2D eigenvalue weighted by Crippen LogP contribution is -2.31. The fourth-order valence-electron chi connectivity index (χ4n) is 3.13. The van der Waals surface area contributed by atoms with E-state index < -0.39 is 11.6 Å². The molecular weight excluding hydrogens is 353 g/mol. The summed E-state index contributed by atoms with van der Waals surface area (Å²) in [4.78, 5) is 11.0. The average molecular weight is 370 g/mol. The van der Waals surface area contributed by atoms with Crippen LogP contribution in [0.2, 0.25) is 0 Å². The fourth-order valence-corrected chi connectivity index (χ4v) is 3.13. The zero-order valence-electron chi connectivity index (χ0n) is 14.4. The summed E-state index contributed by atoms with van der Waals surface area (Å²) in [6.45, 7) is 1.94. The maximum absolute atomic E-state index is 13.4. The number of nitrogens with one attached hydrogen (secondary N) is 1. The van der Waals surface area contributed by atoms with Crippen molar-refractivity contribution in [1.82, 2.24) is 14.9 Å². The lowest BCUT2D eigenvalue weighted by atomic mass is 10.1. The van der Waals surface area contributed by atoms with Crippen molar-refractivity contribution < 1.29 is 13.2 Å². The van der Waals surface area contributed by atoms with Gasteiger partial charge in [0.2, 0.25) is 5.95 Å². The number of hydrogen-bond donors (Lipinski definition) is 1. The van der Waals surface area contributed by atoms with Crippen LogP contribution in [-0.4, -0.2) is 21.4 Å². The Balaban J connectivity index is 1.44. The van der Waals surface area contributed by atoms with Gasteiger partial charge in [-0.15, -0.1) is 0 Å². The highest BCUT2D eigenvalue weighted by atomic mass is 19.2. The highest BCUT2D eigenvalue weighted by Gasteiger charge is 2.19. The smallest absolute Gasteiger partial charge is 0.227 e. The maximum Gasteiger partial charge on any atom is 0.227 e. The van der Waals surface area contributed by atoms with Crippen molar-refractivity contribution in [2.24, 2.45) is 0 Å². The molecule has 0 unspecified atom stereocenters. The fraction of sp³-hybridized carbons (Fsp3) is 0.200. The number of benzene rings is 2. The molecule has 4 nitrogen and oxygen atoms in total. The minimum absolute atomic E-state index is 0.298. The number of rotatable bonds is 4. The molecule has 0 spiro atoms. The first kappa shape index (κ1) is 17.5. The molecule has 3 aromatic rings. The molecule has 0 saturated carbocycles. The van der Waals surface area contributed by atoms with Crippen molar-refractivity contribution in [1.29, 1.82) is 0 Å². The predicted octanol–water partition coefficient (Wildman–Crippen LogP) is 4.20. The summed E-state index contributed by atoms with van der Waals surface area (Å²) in [5.74, 6) is -1.50. The largest absolute Gasteiger partial charge is 0.324 e. The Hall–Kier alpha value is -2.93. The summed E-state index contributed by atoms with van der Waals surface area (Å²) in [6.07, 6.45) is 2.51. The van der Waals surface area contributed by atoms with E-state index in [-0.39, 0.29) is 5.82 Å². The van der Waals surface area contributed by atoms with Crippen molar-refractivity contribution in [3.63, 3.8) is 0 Å². The highest BCUT2D eigenvalue weighted by Crippen LogP contribution is 2.21. The van der Waals surface area contributed by atoms with E-state index in [0.29, 0.717) is 24.7 Å². The van der Waals surface area contributed by atoms with Crippen LogP contribution >= 0.6 is 0 Å². The Morgan fingerprint density at radius 2 is 1.81 bits per heavy atom. The minimum Gasteiger partial charge on any atom is -0.324 e. The van der Waals surface area contributed by atoms with E-state index in [1.807, 2.05) is 0 Å². The van der Waals surface area contributed by atoms with Crippen LogP contribution in [0, 0.1) is 17.5 Å². The summed E-state index contributed by atoms with van der Waals surface area (Å²) >= 11 is 0. The van der Waals surface area contributed by atoms with Crippen molar-refractivity contribution in [2.45, 2.75) is 19.5 Å². The van der Waals surface area contributed by atoms with E-state index in [1.54, 1.807) is 24.4 Å². The van der Waals surface area contributed by atoms with Gasteiger partial charge in [-0.25, -0.2) is 23.1 Å². The predicted molar refractivity (Wildman–Crippen MR) is 95.9 cm³/mol. The molecule has 4 rings (SSSR count). The number of nitrogens with zero attached hydrogens (tertiary/aromatic N) is 3.